The Kier molecular flexibility index (Phi) is 4.99. The number of hydrogen-bond donors (Lipinski definition) is 1. The van der Waals surface area contributed by atoms with E-state index >= 15 is 0 Å². The van der Waals surface area contributed by atoms with E-state index in [0.29, 0.717) is 0 Å². The van der Waals surface area contributed by atoms with Crippen LogP contribution in [0.4, 0.5) is 4.79 Å². The molecule has 5 heteroatoms. The smallest absolute Gasteiger partial charge is 0.407 e. The topological polar surface area (TPSA) is 64.6 Å². The van der Waals surface area contributed by atoms with E-state index < -0.39 is 11.7 Å². The van der Waals surface area contributed by atoms with Gasteiger partial charge < -0.3 is 14.8 Å². The number of rotatable bonds is 2. The predicted octanol–water partition coefficient (Wildman–Crippen LogP) is 2.24. The molecule has 104 valence electrons. The normalized spacial score (nSPS) is 24.2. The molecule has 1 rings (SSSR count). The summed E-state index contributed by atoms with van der Waals surface area (Å²) in [5.41, 5.74) is -0.528. The van der Waals surface area contributed by atoms with E-state index in [-0.39, 0.29) is 17.9 Å². The molecule has 18 heavy (non-hydrogen) atoms. The fourth-order valence-electron chi connectivity index (χ4n) is 2.20. The van der Waals surface area contributed by atoms with Crippen LogP contribution in [0.1, 0.15) is 46.5 Å². The Bertz CT molecular complexity index is 309. The molecule has 1 saturated carbocycles. The number of esters is 1. The lowest BCUT2D eigenvalue weighted by atomic mass is 9.84. The van der Waals surface area contributed by atoms with Crippen LogP contribution in [0.3, 0.4) is 0 Å². The lowest BCUT2D eigenvalue weighted by Gasteiger charge is -2.31. The molecule has 0 aromatic rings. The predicted molar refractivity (Wildman–Crippen MR) is 67.1 cm³/mol. The molecule has 0 aromatic heterocycles. The van der Waals surface area contributed by atoms with E-state index in [1.165, 1.54) is 7.11 Å². The van der Waals surface area contributed by atoms with Crippen LogP contribution in [-0.4, -0.2) is 30.8 Å². The fourth-order valence-corrected chi connectivity index (χ4v) is 2.20. The molecule has 1 aliphatic rings. The van der Waals surface area contributed by atoms with Gasteiger partial charge in [-0.25, -0.2) is 4.79 Å². The molecular weight excluding hydrogens is 234 g/mol. The first-order valence-corrected chi connectivity index (χ1v) is 6.41. The van der Waals surface area contributed by atoms with Gasteiger partial charge >= 0.3 is 12.1 Å². The van der Waals surface area contributed by atoms with Crippen molar-refractivity contribution < 1.29 is 19.1 Å². The van der Waals surface area contributed by atoms with Crippen LogP contribution in [0.5, 0.6) is 0 Å². The first-order chi connectivity index (χ1) is 8.33. The Morgan fingerprint density at radius 2 is 1.78 bits per heavy atom. The van der Waals surface area contributed by atoms with Crippen molar-refractivity contribution in [2.45, 2.75) is 58.1 Å². The van der Waals surface area contributed by atoms with Gasteiger partial charge in [-0.2, -0.15) is 0 Å². The maximum Gasteiger partial charge on any atom is 0.407 e. The van der Waals surface area contributed by atoms with Crippen molar-refractivity contribution in [2.24, 2.45) is 5.92 Å². The second-order valence-electron chi connectivity index (χ2n) is 5.67. The number of alkyl carbamates (subject to hydrolysis) is 1. The highest BCUT2D eigenvalue weighted by Crippen LogP contribution is 2.25. The maximum absolute atomic E-state index is 11.7. The first kappa shape index (κ1) is 14.8. The molecule has 0 aromatic carbocycles. The molecule has 1 amide bonds. The van der Waals surface area contributed by atoms with Gasteiger partial charge in [-0.3, -0.25) is 4.79 Å². The van der Waals surface area contributed by atoms with Crippen LogP contribution in [0.15, 0.2) is 0 Å². The minimum Gasteiger partial charge on any atom is -0.469 e. The summed E-state index contributed by atoms with van der Waals surface area (Å²) in [5.74, 6) is -0.507. The number of carbonyl (C=O) groups excluding carboxylic acids is 2. The number of ether oxygens (including phenoxy) is 2. The Balaban J connectivity index is 2.57. The highest BCUT2D eigenvalue weighted by atomic mass is 16.6. The number of amides is 1. The van der Waals surface area contributed by atoms with Gasteiger partial charge in [0.15, 0.2) is 0 Å². The monoisotopic (exact) mass is 257 g/mol. The largest absolute Gasteiger partial charge is 0.469 e. The average molecular weight is 257 g/mol. The van der Waals surface area contributed by atoms with Crippen molar-refractivity contribution in [3.8, 4) is 0 Å². The van der Waals surface area contributed by atoms with Crippen LogP contribution in [-0.2, 0) is 14.3 Å². The van der Waals surface area contributed by atoms with Crippen molar-refractivity contribution in [2.75, 3.05) is 7.11 Å². The van der Waals surface area contributed by atoms with E-state index in [9.17, 15) is 9.59 Å². The average Bonchev–Trinajstić information content (AvgIpc) is 2.26. The third-order valence-electron chi connectivity index (χ3n) is 2.97. The van der Waals surface area contributed by atoms with Gasteiger partial charge in [0.1, 0.15) is 5.60 Å². The zero-order chi connectivity index (χ0) is 13.8. The zero-order valence-electron chi connectivity index (χ0n) is 11.6. The summed E-state index contributed by atoms with van der Waals surface area (Å²) in [6.07, 6.45) is 3.08. The van der Waals surface area contributed by atoms with Crippen LogP contribution < -0.4 is 5.32 Å². The summed E-state index contributed by atoms with van der Waals surface area (Å²) in [5, 5.41) is 2.78. The van der Waals surface area contributed by atoms with Crippen molar-refractivity contribution in [3.63, 3.8) is 0 Å². The van der Waals surface area contributed by atoms with Crippen LogP contribution in [0.2, 0.25) is 0 Å². The lowest BCUT2D eigenvalue weighted by molar-refractivity contribution is -0.147. The molecule has 1 fully saturated rings. The van der Waals surface area contributed by atoms with E-state index in [2.05, 4.69) is 5.32 Å². The van der Waals surface area contributed by atoms with Crippen LogP contribution >= 0.6 is 0 Å². The molecule has 0 spiro atoms. The molecular formula is C13H23NO4. The minimum atomic E-state index is -0.528. The Labute approximate surface area is 108 Å². The molecule has 0 heterocycles. The summed E-state index contributed by atoms with van der Waals surface area (Å²) in [6.45, 7) is 5.43. The van der Waals surface area contributed by atoms with Gasteiger partial charge in [0.25, 0.3) is 0 Å². The van der Waals surface area contributed by atoms with Crippen molar-refractivity contribution >= 4 is 12.1 Å². The Morgan fingerprint density at radius 1 is 1.17 bits per heavy atom. The summed E-state index contributed by atoms with van der Waals surface area (Å²) in [4.78, 5) is 23.3. The SMILES string of the molecule is COC(=O)[C@@H]1CCCC[C@H]1NC(=O)OC(C)(C)C. The molecule has 0 unspecified atom stereocenters. The summed E-state index contributed by atoms with van der Waals surface area (Å²) in [6, 6.07) is -0.180. The quantitative estimate of drug-likeness (QED) is 0.770. The van der Waals surface area contributed by atoms with Gasteiger partial charge in [-0.1, -0.05) is 12.8 Å². The van der Waals surface area contributed by atoms with Crippen molar-refractivity contribution in [3.05, 3.63) is 0 Å². The zero-order valence-corrected chi connectivity index (χ0v) is 11.6. The standard InChI is InChI=1S/C13H23NO4/c1-13(2,3)18-12(16)14-10-8-6-5-7-9(10)11(15)17-4/h9-10H,5-8H2,1-4H3,(H,14,16)/t9-,10-/m1/s1. The fraction of sp³-hybridized carbons (Fsp3) is 0.846. The van der Waals surface area contributed by atoms with E-state index in [4.69, 9.17) is 9.47 Å². The van der Waals surface area contributed by atoms with Gasteiger partial charge in [0.05, 0.1) is 13.0 Å². The minimum absolute atomic E-state index is 0.180. The molecule has 0 aliphatic heterocycles. The summed E-state index contributed by atoms with van der Waals surface area (Å²) in [7, 11) is 1.38. The van der Waals surface area contributed by atoms with E-state index in [0.717, 1.165) is 25.7 Å². The highest BCUT2D eigenvalue weighted by Gasteiger charge is 2.33. The third-order valence-corrected chi connectivity index (χ3v) is 2.97. The van der Waals surface area contributed by atoms with E-state index in [1.807, 2.05) is 20.8 Å². The molecule has 0 bridgehead atoms. The van der Waals surface area contributed by atoms with Crippen molar-refractivity contribution in [1.82, 2.24) is 5.32 Å². The molecule has 1 N–H and O–H groups in total. The number of hydrogen-bond acceptors (Lipinski definition) is 4. The van der Waals surface area contributed by atoms with Gasteiger partial charge in [0, 0.05) is 6.04 Å². The highest BCUT2D eigenvalue weighted by molar-refractivity contribution is 5.75. The van der Waals surface area contributed by atoms with Crippen molar-refractivity contribution in [1.29, 1.82) is 0 Å². The Hall–Kier alpha value is -1.26. The summed E-state index contributed by atoms with van der Waals surface area (Å²) < 4.78 is 9.97. The van der Waals surface area contributed by atoms with Gasteiger partial charge in [-0.15, -0.1) is 0 Å². The summed E-state index contributed by atoms with van der Waals surface area (Å²) >= 11 is 0. The lowest BCUT2D eigenvalue weighted by Crippen LogP contribution is -2.47. The van der Waals surface area contributed by atoms with Crippen LogP contribution in [0.25, 0.3) is 0 Å². The molecule has 2 atom stereocenters. The molecule has 5 nitrogen and oxygen atoms in total. The number of nitrogens with one attached hydrogen (secondary N) is 1. The number of methoxy groups -OCH3 is 1. The first-order valence-electron chi connectivity index (χ1n) is 6.41. The number of carbonyl (C=O) groups is 2. The second kappa shape index (κ2) is 6.07. The van der Waals surface area contributed by atoms with Gasteiger partial charge in [0.2, 0.25) is 0 Å². The molecule has 1 aliphatic carbocycles. The Morgan fingerprint density at radius 3 is 2.33 bits per heavy atom. The maximum atomic E-state index is 11.7. The van der Waals surface area contributed by atoms with E-state index in [1.54, 1.807) is 0 Å². The third kappa shape index (κ3) is 4.55. The van der Waals surface area contributed by atoms with Crippen LogP contribution in [0, 0.1) is 5.92 Å². The molecule has 0 saturated heterocycles. The second-order valence-corrected chi connectivity index (χ2v) is 5.67. The molecule has 0 radical (unpaired) electrons. The van der Waals surface area contributed by atoms with Gasteiger partial charge in [-0.05, 0) is 33.6 Å².